The molecule has 1 aliphatic heterocycles. The number of methoxy groups -OCH3 is 1. The second-order valence-corrected chi connectivity index (χ2v) is 7.82. The van der Waals surface area contributed by atoms with Crippen molar-refractivity contribution in [3.05, 3.63) is 28.8 Å². The maximum absolute atomic E-state index is 12.6. The maximum Gasteiger partial charge on any atom is 0.325 e. The van der Waals surface area contributed by atoms with E-state index in [4.69, 9.17) is 16.3 Å². The van der Waals surface area contributed by atoms with Crippen molar-refractivity contribution in [1.29, 1.82) is 0 Å². The zero-order chi connectivity index (χ0) is 21.7. The number of nitrogens with one attached hydrogen (secondary N) is 3. The molecule has 162 valence electrons. The van der Waals surface area contributed by atoms with Crippen molar-refractivity contribution in [2.24, 2.45) is 0 Å². The van der Waals surface area contributed by atoms with Gasteiger partial charge in [0.1, 0.15) is 5.54 Å². The monoisotopic (exact) mass is 436 g/mol. The second-order valence-electron chi connectivity index (χ2n) is 7.42. The molecule has 1 saturated heterocycles. The summed E-state index contributed by atoms with van der Waals surface area (Å²) in [7, 11) is 1.54. The van der Waals surface area contributed by atoms with Gasteiger partial charge in [-0.15, -0.1) is 0 Å². The van der Waals surface area contributed by atoms with Crippen LogP contribution in [0.5, 0.6) is 0 Å². The standard InChI is InChI=1S/C20H25ClN4O5/c1-30-11-9-22-17(27)14-5-4-13(12-15(14)21)23-16(26)6-10-25-18(28)20(24-19(25)29)7-2-3-8-20/h4-5,12H,2-3,6-11H2,1H3,(H,22,27)(H,23,26)(H,24,29). The first-order valence-electron chi connectivity index (χ1n) is 9.87. The number of benzene rings is 1. The number of hydrogen-bond acceptors (Lipinski definition) is 5. The number of ether oxygens (including phenoxy) is 1. The zero-order valence-electron chi connectivity index (χ0n) is 16.8. The summed E-state index contributed by atoms with van der Waals surface area (Å²) in [5.41, 5.74) is -0.0735. The molecule has 5 amide bonds. The number of halogens is 1. The summed E-state index contributed by atoms with van der Waals surface area (Å²) >= 11 is 6.16. The van der Waals surface area contributed by atoms with E-state index in [1.54, 1.807) is 6.07 Å². The van der Waals surface area contributed by atoms with Crippen LogP contribution < -0.4 is 16.0 Å². The lowest BCUT2D eigenvalue weighted by Gasteiger charge is -2.19. The van der Waals surface area contributed by atoms with E-state index in [9.17, 15) is 19.2 Å². The van der Waals surface area contributed by atoms with Gasteiger partial charge in [0.15, 0.2) is 0 Å². The minimum absolute atomic E-state index is 0.00592. The molecular weight excluding hydrogens is 412 g/mol. The van der Waals surface area contributed by atoms with Crippen molar-refractivity contribution in [3.8, 4) is 0 Å². The topological polar surface area (TPSA) is 117 Å². The number of anilines is 1. The predicted octanol–water partition coefficient (Wildman–Crippen LogP) is 1.91. The van der Waals surface area contributed by atoms with Gasteiger partial charge in [-0.3, -0.25) is 19.3 Å². The summed E-state index contributed by atoms with van der Waals surface area (Å²) in [4.78, 5) is 50.2. The molecule has 0 aromatic heterocycles. The minimum Gasteiger partial charge on any atom is -0.383 e. The number of nitrogens with zero attached hydrogens (tertiary/aromatic N) is 1. The van der Waals surface area contributed by atoms with Crippen molar-refractivity contribution < 1.29 is 23.9 Å². The van der Waals surface area contributed by atoms with Gasteiger partial charge in [0.05, 0.1) is 17.2 Å². The van der Waals surface area contributed by atoms with E-state index >= 15 is 0 Å². The highest BCUT2D eigenvalue weighted by molar-refractivity contribution is 6.34. The molecule has 30 heavy (non-hydrogen) atoms. The number of carbonyl (C=O) groups excluding carboxylic acids is 4. The molecule has 1 aromatic rings. The van der Waals surface area contributed by atoms with Gasteiger partial charge >= 0.3 is 6.03 Å². The first-order valence-corrected chi connectivity index (χ1v) is 10.2. The quantitative estimate of drug-likeness (QED) is 0.425. The highest BCUT2D eigenvalue weighted by Gasteiger charge is 2.52. The number of carbonyl (C=O) groups is 4. The molecule has 1 spiro atoms. The van der Waals surface area contributed by atoms with Gasteiger partial charge in [0, 0.05) is 32.3 Å². The van der Waals surface area contributed by atoms with E-state index in [1.807, 2.05) is 0 Å². The average molecular weight is 437 g/mol. The van der Waals surface area contributed by atoms with Crippen LogP contribution in [-0.4, -0.2) is 61.0 Å². The third kappa shape index (κ3) is 4.73. The van der Waals surface area contributed by atoms with Crippen molar-refractivity contribution in [3.63, 3.8) is 0 Å². The van der Waals surface area contributed by atoms with Gasteiger partial charge in [-0.25, -0.2) is 4.79 Å². The minimum atomic E-state index is -0.777. The van der Waals surface area contributed by atoms with Crippen LogP contribution in [0.1, 0.15) is 42.5 Å². The number of amides is 5. The van der Waals surface area contributed by atoms with Crippen LogP contribution in [0.2, 0.25) is 5.02 Å². The van der Waals surface area contributed by atoms with Crippen LogP contribution >= 0.6 is 11.6 Å². The van der Waals surface area contributed by atoms with Crippen LogP contribution in [0.3, 0.4) is 0 Å². The fraction of sp³-hybridized carbons (Fsp3) is 0.500. The Balaban J connectivity index is 1.52. The Hall–Kier alpha value is -2.65. The largest absolute Gasteiger partial charge is 0.383 e. The molecule has 3 N–H and O–H groups in total. The van der Waals surface area contributed by atoms with Crippen molar-refractivity contribution in [1.82, 2.24) is 15.5 Å². The first-order chi connectivity index (χ1) is 14.4. The Morgan fingerprint density at radius 2 is 2.00 bits per heavy atom. The van der Waals surface area contributed by atoms with Crippen LogP contribution in [0.15, 0.2) is 18.2 Å². The molecule has 2 aliphatic rings. The molecular formula is C20H25ClN4O5. The molecule has 1 saturated carbocycles. The third-order valence-corrected chi connectivity index (χ3v) is 5.67. The molecule has 2 fully saturated rings. The highest BCUT2D eigenvalue weighted by atomic mass is 35.5. The molecule has 9 nitrogen and oxygen atoms in total. The lowest BCUT2D eigenvalue weighted by molar-refractivity contribution is -0.131. The summed E-state index contributed by atoms with van der Waals surface area (Å²) in [5.74, 6) is -0.949. The average Bonchev–Trinajstić information content (AvgIpc) is 3.26. The fourth-order valence-electron chi connectivity index (χ4n) is 3.77. The van der Waals surface area contributed by atoms with Gasteiger partial charge in [0.25, 0.3) is 11.8 Å². The molecule has 0 radical (unpaired) electrons. The van der Waals surface area contributed by atoms with E-state index in [-0.39, 0.29) is 41.3 Å². The summed E-state index contributed by atoms with van der Waals surface area (Å²) < 4.78 is 4.88. The van der Waals surface area contributed by atoms with Crippen LogP contribution in [-0.2, 0) is 14.3 Å². The number of urea groups is 1. The molecule has 0 bridgehead atoms. The van der Waals surface area contributed by atoms with Crippen LogP contribution in [0, 0.1) is 0 Å². The number of hydrogen-bond donors (Lipinski definition) is 3. The van der Waals surface area contributed by atoms with E-state index in [0.717, 1.165) is 17.7 Å². The normalized spacial score (nSPS) is 17.3. The molecule has 0 unspecified atom stereocenters. The van der Waals surface area contributed by atoms with Gasteiger partial charge in [-0.05, 0) is 31.0 Å². The van der Waals surface area contributed by atoms with Crippen molar-refractivity contribution in [2.45, 2.75) is 37.6 Å². The lowest BCUT2D eigenvalue weighted by atomic mass is 9.98. The lowest BCUT2D eigenvalue weighted by Crippen LogP contribution is -2.44. The molecule has 1 aromatic carbocycles. The second kappa shape index (κ2) is 9.44. The Morgan fingerprint density at radius 3 is 2.67 bits per heavy atom. The summed E-state index contributed by atoms with van der Waals surface area (Å²) in [6, 6.07) is 4.12. The third-order valence-electron chi connectivity index (χ3n) is 5.35. The van der Waals surface area contributed by atoms with Gasteiger partial charge < -0.3 is 20.7 Å². The van der Waals surface area contributed by atoms with Crippen LogP contribution in [0.25, 0.3) is 0 Å². The SMILES string of the molecule is COCCNC(=O)c1ccc(NC(=O)CCN2C(=O)NC3(CCCC3)C2=O)cc1Cl. The summed E-state index contributed by atoms with van der Waals surface area (Å²) in [5, 5.41) is 8.32. The van der Waals surface area contributed by atoms with E-state index in [0.29, 0.717) is 31.7 Å². The van der Waals surface area contributed by atoms with Gasteiger partial charge in [-0.2, -0.15) is 0 Å². The smallest absolute Gasteiger partial charge is 0.325 e. The molecule has 1 heterocycles. The van der Waals surface area contributed by atoms with E-state index in [2.05, 4.69) is 16.0 Å². The van der Waals surface area contributed by atoms with Crippen molar-refractivity contribution >= 4 is 41.0 Å². The fourth-order valence-corrected chi connectivity index (χ4v) is 4.04. The Kier molecular flexibility index (Phi) is 6.94. The number of rotatable bonds is 8. The zero-order valence-corrected chi connectivity index (χ0v) is 17.5. The van der Waals surface area contributed by atoms with E-state index in [1.165, 1.54) is 19.2 Å². The first kappa shape index (κ1) is 22.0. The van der Waals surface area contributed by atoms with Gasteiger partial charge in [-0.1, -0.05) is 24.4 Å². The summed E-state index contributed by atoms with van der Waals surface area (Å²) in [6.07, 6.45) is 3.06. The van der Waals surface area contributed by atoms with Crippen LogP contribution in [0.4, 0.5) is 10.5 Å². The Morgan fingerprint density at radius 1 is 1.27 bits per heavy atom. The molecule has 3 rings (SSSR count). The molecule has 1 aliphatic carbocycles. The van der Waals surface area contributed by atoms with Crippen molar-refractivity contribution in [2.75, 3.05) is 32.1 Å². The Bertz CT molecular complexity index is 854. The maximum atomic E-state index is 12.6. The van der Waals surface area contributed by atoms with E-state index < -0.39 is 11.6 Å². The molecule has 10 heteroatoms. The highest BCUT2D eigenvalue weighted by Crippen LogP contribution is 2.35. The molecule has 0 atom stereocenters. The predicted molar refractivity (Wildman–Crippen MR) is 110 cm³/mol. The summed E-state index contributed by atoms with van der Waals surface area (Å²) in [6.45, 7) is 0.746. The number of imide groups is 1. The Labute approximate surface area is 179 Å². The van der Waals surface area contributed by atoms with Gasteiger partial charge in [0.2, 0.25) is 5.91 Å².